The molecule has 8 nitrogen and oxygen atoms in total. The van der Waals surface area contributed by atoms with Gasteiger partial charge in [0.2, 0.25) is 0 Å². The van der Waals surface area contributed by atoms with Gasteiger partial charge in [0.25, 0.3) is 5.91 Å². The van der Waals surface area contributed by atoms with E-state index in [-0.39, 0.29) is 5.82 Å². The van der Waals surface area contributed by atoms with Gasteiger partial charge in [0.1, 0.15) is 30.9 Å². The van der Waals surface area contributed by atoms with Crippen LogP contribution in [-0.2, 0) is 20.9 Å². The first kappa shape index (κ1) is 24.5. The van der Waals surface area contributed by atoms with Crippen LogP contribution in [-0.4, -0.2) is 36.3 Å². The highest BCUT2D eigenvalue weighted by molar-refractivity contribution is 5.95. The molecule has 1 aliphatic heterocycles. The van der Waals surface area contributed by atoms with E-state index >= 15 is 0 Å². The Morgan fingerprint density at radius 3 is 2.58 bits per heavy atom. The third kappa shape index (κ3) is 5.55. The maximum Gasteiger partial charge on any atom is 0.331 e. The number of halogens is 1. The predicted octanol–water partition coefficient (Wildman–Crippen LogP) is 4.13. The molecule has 0 saturated carbocycles. The third-order valence-corrected chi connectivity index (χ3v) is 5.78. The number of rotatable bonds is 7. The highest BCUT2D eigenvalue weighted by Crippen LogP contribution is 2.31. The molecule has 2 aromatic carbocycles. The Hall–Kier alpha value is -4.58. The molecule has 0 radical (unpaired) electrons. The highest BCUT2D eigenvalue weighted by Gasteiger charge is 2.20. The van der Waals surface area contributed by atoms with Crippen LogP contribution in [0.1, 0.15) is 27.9 Å². The van der Waals surface area contributed by atoms with Crippen molar-refractivity contribution < 1.29 is 28.2 Å². The summed E-state index contributed by atoms with van der Waals surface area (Å²) in [5.41, 5.74) is 3.32. The van der Waals surface area contributed by atoms with E-state index in [1.165, 1.54) is 18.2 Å². The minimum atomic E-state index is -0.699. The molecule has 0 fully saturated rings. The molecular formula is C27H24FN3O5. The number of aromatic nitrogens is 1. The maximum absolute atomic E-state index is 13.3. The van der Waals surface area contributed by atoms with Crippen LogP contribution in [0.25, 0.3) is 6.08 Å². The molecular weight excluding hydrogens is 465 g/mol. The lowest BCUT2D eigenvalue weighted by atomic mass is 10.2. The number of nitriles is 1. The maximum atomic E-state index is 13.3. The second-order valence-electron chi connectivity index (χ2n) is 8.15. The fourth-order valence-corrected chi connectivity index (χ4v) is 3.78. The number of hydrogen-bond donors (Lipinski definition) is 1. The first-order valence-corrected chi connectivity index (χ1v) is 11.2. The summed E-state index contributed by atoms with van der Waals surface area (Å²) in [5, 5.41) is 12.3. The number of hydrogen-bond acceptors (Lipinski definition) is 6. The summed E-state index contributed by atoms with van der Waals surface area (Å²) >= 11 is 0. The Bertz CT molecular complexity index is 1370. The van der Waals surface area contributed by atoms with Crippen molar-refractivity contribution in [2.24, 2.45) is 0 Å². The number of carbonyl (C=O) groups excluding carboxylic acids is 2. The van der Waals surface area contributed by atoms with Crippen LogP contribution in [0.3, 0.4) is 0 Å². The number of nitrogens with zero attached hydrogens (tertiary/aromatic N) is 2. The van der Waals surface area contributed by atoms with Crippen LogP contribution in [0.15, 0.2) is 48.5 Å². The molecule has 0 unspecified atom stereocenters. The second kappa shape index (κ2) is 10.8. The van der Waals surface area contributed by atoms with Crippen molar-refractivity contribution >= 4 is 23.8 Å². The predicted molar refractivity (Wildman–Crippen MR) is 130 cm³/mol. The first-order chi connectivity index (χ1) is 17.4. The number of anilines is 1. The highest BCUT2D eigenvalue weighted by atomic mass is 19.1. The molecule has 1 aliphatic rings. The molecule has 9 heteroatoms. The number of ether oxygens (including phenoxy) is 3. The summed E-state index contributed by atoms with van der Waals surface area (Å²) in [7, 11) is 0. The molecule has 1 aromatic heterocycles. The molecule has 1 amide bonds. The summed E-state index contributed by atoms with van der Waals surface area (Å²) in [6.07, 6.45) is 2.76. The van der Waals surface area contributed by atoms with E-state index in [0.717, 1.165) is 11.3 Å². The standard InChI is InChI=1S/C27H24FN3O5/c1-17-18(2)31(15-20-3-7-21(28)8-4-20)27(22(17)14-29)30-25(32)16-36-26(33)10-6-19-5-9-23-24(13-19)35-12-11-34-23/h3-10,13H,11-12,15-16H2,1-2H3,(H,30,32). The first-order valence-electron chi connectivity index (χ1n) is 11.2. The van der Waals surface area contributed by atoms with Gasteiger partial charge in [-0.3, -0.25) is 4.79 Å². The number of esters is 1. The molecule has 0 aliphatic carbocycles. The molecule has 36 heavy (non-hydrogen) atoms. The average Bonchev–Trinajstić information content (AvgIpc) is 3.10. The Morgan fingerprint density at radius 1 is 1.14 bits per heavy atom. The zero-order valence-corrected chi connectivity index (χ0v) is 19.8. The molecule has 0 atom stereocenters. The van der Waals surface area contributed by atoms with E-state index in [1.54, 1.807) is 47.9 Å². The van der Waals surface area contributed by atoms with Gasteiger partial charge in [-0.1, -0.05) is 18.2 Å². The van der Waals surface area contributed by atoms with E-state index in [9.17, 15) is 19.2 Å². The van der Waals surface area contributed by atoms with Crippen LogP contribution < -0.4 is 14.8 Å². The van der Waals surface area contributed by atoms with Crippen LogP contribution >= 0.6 is 0 Å². The number of fused-ring (bicyclic) bond motifs is 1. The normalized spacial score (nSPS) is 12.3. The fraction of sp³-hybridized carbons (Fsp3) is 0.222. The van der Waals surface area contributed by atoms with Gasteiger partial charge in [0, 0.05) is 18.3 Å². The second-order valence-corrected chi connectivity index (χ2v) is 8.15. The van der Waals surface area contributed by atoms with Crippen LogP contribution in [0.2, 0.25) is 0 Å². The summed E-state index contributed by atoms with van der Waals surface area (Å²) in [4.78, 5) is 24.7. The zero-order chi connectivity index (χ0) is 25.7. The van der Waals surface area contributed by atoms with Gasteiger partial charge in [-0.05, 0) is 60.9 Å². The average molecular weight is 490 g/mol. The van der Waals surface area contributed by atoms with Gasteiger partial charge in [0.15, 0.2) is 18.1 Å². The van der Waals surface area contributed by atoms with E-state index in [4.69, 9.17) is 14.2 Å². The monoisotopic (exact) mass is 489 g/mol. The summed E-state index contributed by atoms with van der Waals surface area (Å²) in [5.74, 6) is -0.109. The minimum Gasteiger partial charge on any atom is -0.486 e. The van der Waals surface area contributed by atoms with Crippen LogP contribution in [0, 0.1) is 31.0 Å². The molecule has 4 rings (SSSR count). The number of benzene rings is 2. The lowest BCUT2D eigenvalue weighted by Gasteiger charge is -2.18. The summed E-state index contributed by atoms with van der Waals surface area (Å²) in [6, 6.07) is 13.4. The lowest BCUT2D eigenvalue weighted by molar-refractivity contribution is -0.142. The topological polar surface area (TPSA) is 103 Å². The quantitative estimate of drug-likeness (QED) is 0.396. The summed E-state index contributed by atoms with van der Waals surface area (Å²) in [6.45, 7) is 4.35. The number of nitrogens with one attached hydrogen (secondary N) is 1. The van der Waals surface area contributed by atoms with Gasteiger partial charge in [-0.25, -0.2) is 9.18 Å². The van der Waals surface area contributed by atoms with E-state index in [2.05, 4.69) is 11.4 Å². The third-order valence-electron chi connectivity index (χ3n) is 5.78. The summed E-state index contributed by atoms with van der Waals surface area (Å²) < 4.78 is 31.1. The van der Waals surface area contributed by atoms with Gasteiger partial charge < -0.3 is 24.1 Å². The van der Waals surface area contributed by atoms with Crippen molar-refractivity contribution in [3.8, 4) is 17.6 Å². The molecule has 2 heterocycles. The van der Waals surface area contributed by atoms with Crippen LogP contribution in [0.4, 0.5) is 10.2 Å². The molecule has 0 saturated heterocycles. The molecule has 0 spiro atoms. The fourth-order valence-electron chi connectivity index (χ4n) is 3.78. The Labute approximate surface area is 207 Å². The van der Waals surface area contributed by atoms with Crippen molar-refractivity contribution in [1.29, 1.82) is 5.26 Å². The smallest absolute Gasteiger partial charge is 0.331 e. The van der Waals surface area contributed by atoms with E-state index in [1.807, 2.05) is 6.92 Å². The van der Waals surface area contributed by atoms with Gasteiger partial charge in [0.05, 0.1) is 5.56 Å². The Kier molecular flexibility index (Phi) is 7.35. The largest absolute Gasteiger partial charge is 0.486 e. The Balaban J connectivity index is 1.40. The minimum absolute atomic E-state index is 0.296. The van der Waals surface area contributed by atoms with E-state index < -0.39 is 18.5 Å². The van der Waals surface area contributed by atoms with Gasteiger partial charge in [-0.15, -0.1) is 0 Å². The molecule has 184 valence electrons. The van der Waals surface area contributed by atoms with Crippen LogP contribution in [0.5, 0.6) is 11.5 Å². The molecule has 0 bridgehead atoms. The Morgan fingerprint density at radius 2 is 1.86 bits per heavy atom. The van der Waals surface area contributed by atoms with E-state index in [0.29, 0.717) is 53.8 Å². The molecule has 1 N–H and O–H groups in total. The number of carbonyl (C=O) groups is 2. The molecule has 3 aromatic rings. The van der Waals surface area contributed by atoms with Crippen molar-refractivity contribution in [1.82, 2.24) is 4.57 Å². The van der Waals surface area contributed by atoms with Gasteiger partial charge in [-0.2, -0.15) is 5.26 Å². The van der Waals surface area contributed by atoms with Crippen molar-refractivity contribution in [2.45, 2.75) is 20.4 Å². The SMILES string of the molecule is Cc1c(C#N)c(NC(=O)COC(=O)C=Cc2ccc3c(c2)OCCO3)n(Cc2ccc(F)cc2)c1C. The zero-order valence-electron chi connectivity index (χ0n) is 19.8. The van der Waals surface area contributed by atoms with Crippen molar-refractivity contribution in [3.63, 3.8) is 0 Å². The van der Waals surface area contributed by atoms with Crippen molar-refractivity contribution in [2.75, 3.05) is 25.1 Å². The van der Waals surface area contributed by atoms with Crippen molar-refractivity contribution in [3.05, 3.63) is 82.3 Å². The number of amides is 1. The van der Waals surface area contributed by atoms with Gasteiger partial charge >= 0.3 is 5.97 Å². The lowest BCUT2D eigenvalue weighted by Crippen LogP contribution is -2.22.